The summed E-state index contributed by atoms with van der Waals surface area (Å²) in [6.45, 7) is 1.27. The van der Waals surface area contributed by atoms with Gasteiger partial charge in [0.2, 0.25) is 0 Å². The molecule has 0 aromatic heterocycles. The Balaban J connectivity index is 1.77. The number of rotatable bonds is 6. The Bertz CT molecular complexity index is 761. The van der Waals surface area contributed by atoms with Gasteiger partial charge in [0.15, 0.2) is 0 Å². The SMILES string of the molecule is [2H]C([2H])([2H])[C@H](CC)C(=O)O[C@H]1C[C@H](O)C=C2C=C[C@H](C)[C@H](CC[C@@H]3C[C@@H](O)CC(=O)O3)[C@H]21. The van der Waals surface area contributed by atoms with Crippen LogP contribution < -0.4 is 0 Å². The number of carbonyl (C=O) groups excluding carboxylic acids is 2. The Kier molecular flexibility index (Phi) is 5.90. The number of aliphatic hydroxyl groups excluding tert-OH is 2. The molecule has 0 saturated carbocycles. The minimum Gasteiger partial charge on any atom is -0.462 e. The van der Waals surface area contributed by atoms with Gasteiger partial charge in [-0.2, -0.15) is 0 Å². The van der Waals surface area contributed by atoms with Gasteiger partial charge < -0.3 is 19.7 Å². The topological polar surface area (TPSA) is 93.1 Å². The van der Waals surface area contributed by atoms with Crippen molar-refractivity contribution in [3.05, 3.63) is 23.8 Å². The molecule has 2 aliphatic carbocycles. The normalized spacial score (nSPS) is 39.9. The molecular formula is C23H34O6. The largest absolute Gasteiger partial charge is 0.462 e. The van der Waals surface area contributed by atoms with Gasteiger partial charge in [-0.05, 0) is 36.7 Å². The predicted octanol–water partition coefficient (Wildman–Crippen LogP) is 2.92. The van der Waals surface area contributed by atoms with Gasteiger partial charge in [0.25, 0.3) is 0 Å². The third-order valence-corrected chi connectivity index (χ3v) is 6.39. The number of hydrogen-bond acceptors (Lipinski definition) is 6. The maximum atomic E-state index is 12.7. The van der Waals surface area contributed by atoms with E-state index in [2.05, 4.69) is 13.0 Å². The van der Waals surface area contributed by atoms with E-state index in [1.54, 1.807) is 13.0 Å². The van der Waals surface area contributed by atoms with Crippen molar-refractivity contribution < 1.29 is 33.4 Å². The summed E-state index contributed by atoms with van der Waals surface area (Å²) in [5, 5.41) is 20.2. The third-order valence-electron chi connectivity index (χ3n) is 6.39. The van der Waals surface area contributed by atoms with E-state index >= 15 is 0 Å². The highest BCUT2D eigenvalue weighted by molar-refractivity contribution is 5.72. The monoisotopic (exact) mass is 409 g/mol. The smallest absolute Gasteiger partial charge is 0.308 e. The van der Waals surface area contributed by atoms with Crippen LogP contribution in [0.25, 0.3) is 0 Å². The molecule has 3 rings (SSSR count). The van der Waals surface area contributed by atoms with Crippen molar-refractivity contribution in [2.45, 2.75) is 83.6 Å². The first-order valence-electron chi connectivity index (χ1n) is 12.2. The number of hydrogen-bond donors (Lipinski definition) is 2. The first-order chi connectivity index (χ1) is 15.0. The van der Waals surface area contributed by atoms with E-state index in [-0.39, 0.29) is 43.1 Å². The fourth-order valence-corrected chi connectivity index (χ4v) is 4.80. The molecule has 8 atom stereocenters. The van der Waals surface area contributed by atoms with E-state index in [0.717, 1.165) is 5.57 Å². The van der Waals surface area contributed by atoms with Crippen LogP contribution in [0.5, 0.6) is 0 Å². The molecule has 0 amide bonds. The molecule has 0 aromatic carbocycles. The Morgan fingerprint density at radius 3 is 2.86 bits per heavy atom. The van der Waals surface area contributed by atoms with Gasteiger partial charge in [0, 0.05) is 22.9 Å². The predicted molar refractivity (Wildman–Crippen MR) is 108 cm³/mol. The van der Waals surface area contributed by atoms with Crippen LogP contribution in [0.2, 0.25) is 0 Å². The molecule has 1 fully saturated rings. The van der Waals surface area contributed by atoms with Crippen LogP contribution in [0.15, 0.2) is 23.8 Å². The third kappa shape index (κ3) is 5.28. The second-order valence-corrected chi connectivity index (χ2v) is 8.60. The molecule has 0 unspecified atom stereocenters. The molecule has 0 aromatic rings. The summed E-state index contributed by atoms with van der Waals surface area (Å²) in [6.07, 6.45) is 5.36. The zero-order chi connectivity index (χ0) is 23.6. The van der Waals surface area contributed by atoms with Crippen molar-refractivity contribution in [1.82, 2.24) is 0 Å². The minimum atomic E-state index is -2.44. The molecule has 29 heavy (non-hydrogen) atoms. The summed E-state index contributed by atoms with van der Waals surface area (Å²) < 4.78 is 34.1. The number of allylic oxidation sites excluding steroid dienone is 2. The van der Waals surface area contributed by atoms with E-state index in [4.69, 9.17) is 13.6 Å². The minimum absolute atomic E-state index is 0.0204. The number of cyclic esters (lactones) is 1. The van der Waals surface area contributed by atoms with Gasteiger partial charge in [-0.15, -0.1) is 0 Å². The van der Waals surface area contributed by atoms with Crippen molar-refractivity contribution in [2.75, 3.05) is 0 Å². The summed E-state index contributed by atoms with van der Waals surface area (Å²) >= 11 is 0. The second kappa shape index (κ2) is 9.43. The van der Waals surface area contributed by atoms with E-state index in [1.807, 2.05) is 6.08 Å². The Hall–Kier alpha value is -1.66. The fraction of sp³-hybridized carbons (Fsp3) is 0.739. The summed E-state index contributed by atoms with van der Waals surface area (Å²) in [4.78, 5) is 24.4. The Labute approximate surface area is 177 Å². The van der Waals surface area contributed by atoms with E-state index < -0.39 is 43.0 Å². The van der Waals surface area contributed by atoms with Crippen LogP contribution in [0, 0.1) is 23.7 Å². The van der Waals surface area contributed by atoms with Gasteiger partial charge in [-0.25, -0.2) is 0 Å². The van der Waals surface area contributed by atoms with E-state index in [9.17, 15) is 19.8 Å². The maximum Gasteiger partial charge on any atom is 0.308 e. The van der Waals surface area contributed by atoms with Gasteiger partial charge in [-0.1, -0.05) is 38.9 Å². The molecule has 1 saturated heterocycles. The molecule has 162 valence electrons. The summed E-state index contributed by atoms with van der Waals surface area (Å²) in [7, 11) is 0. The van der Waals surface area contributed by atoms with Crippen LogP contribution >= 0.6 is 0 Å². The van der Waals surface area contributed by atoms with E-state index in [0.29, 0.717) is 19.3 Å². The lowest BCUT2D eigenvalue weighted by Gasteiger charge is -2.43. The highest BCUT2D eigenvalue weighted by Crippen LogP contribution is 2.44. The molecule has 0 bridgehead atoms. The summed E-state index contributed by atoms with van der Waals surface area (Å²) in [6, 6.07) is 0. The van der Waals surface area contributed by atoms with Crippen LogP contribution in [0.1, 0.15) is 63.3 Å². The number of aliphatic hydroxyl groups is 2. The van der Waals surface area contributed by atoms with Crippen LogP contribution in [0.4, 0.5) is 0 Å². The maximum absolute atomic E-state index is 12.7. The van der Waals surface area contributed by atoms with Crippen LogP contribution in [0.3, 0.4) is 0 Å². The molecular weight excluding hydrogens is 372 g/mol. The Morgan fingerprint density at radius 2 is 2.17 bits per heavy atom. The summed E-state index contributed by atoms with van der Waals surface area (Å²) in [5.41, 5.74) is 0.882. The van der Waals surface area contributed by atoms with Crippen molar-refractivity contribution in [3.8, 4) is 0 Å². The lowest BCUT2D eigenvalue weighted by molar-refractivity contribution is -0.162. The summed E-state index contributed by atoms with van der Waals surface area (Å²) in [5.74, 6) is -2.32. The molecule has 6 nitrogen and oxygen atoms in total. The molecule has 3 aliphatic rings. The van der Waals surface area contributed by atoms with Gasteiger partial charge in [0.1, 0.15) is 12.2 Å². The van der Waals surface area contributed by atoms with Gasteiger partial charge >= 0.3 is 11.9 Å². The van der Waals surface area contributed by atoms with Gasteiger partial charge in [-0.3, -0.25) is 9.59 Å². The van der Waals surface area contributed by atoms with E-state index in [1.165, 1.54) is 0 Å². The Morgan fingerprint density at radius 1 is 1.38 bits per heavy atom. The molecule has 0 spiro atoms. The van der Waals surface area contributed by atoms with Crippen molar-refractivity contribution in [3.63, 3.8) is 0 Å². The first-order valence-corrected chi connectivity index (χ1v) is 10.7. The van der Waals surface area contributed by atoms with Crippen molar-refractivity contribution >= 4 is 11.9 Å². The first kappa shape index (κ1) is 18.1. The highest BCUT2D eigenvalue weighted by atomic mass is 16.6. The zero-order valence-corrected chi connectivity index (χ0v) is 17.1. The van der Waals surface area contributed by atoms with Crippen LogP contribution in [-0.2, 0) is 19.1 Å². The molecule has 1 aliphatic heterocycles. The standard InChI is InChI=1S/C23H34O6/c1-4-13(2)23(27)29-20-11-16(24)9-15-6-5-14(3)19(22(15)20)8-7-18-10-17(25)12-21(26)28-18/h5-6,9,13-14,16-20,22,24-25H,4,7-8,10-12H2,1-3H3/t13-,14+,16-,17-,18-,19+,20+,22+/m1/s1/i2D3. The molecule has 1 heterocycles. The van der Waals surface area contributed by atoms with Gasteiger partial charge in [0.05, 0.1) is 24.5 Å². The number of esters is 2. The average molecular weight is 410 g/mol. The number of carbonyl (C=O) groups is 2. The number of ether oxygens (including phenoxy) is 2. The van der Waals surface area contributed by atoms with Crippen molar-refractivity contribution in [1.29, 1.82) is 0 Å². The van der Waals surface area contributed by atoms with Crippen LogP contribution in [-0.4, -0.2) is 46.6 Å². The molecule has 6 heteroatoms. The molecule has 2 N–H and O–H groups in total. The second-order valence-electron chi connectivity index (χ2n) is 8.60. The average Bonchev–Trinajstić information content (AvgIpc) is 2.66. The quantitative estimate of drug-likeness (QED) is 0.655. The lowest BCUT2D eigenvalue weighted by Crippen LogP contribution is -2.43. The number of fused-ring (bicyclic) bond motifs is 1. The van der Waals surface area contributed by atoms with Crippen molar-refractivity contribution in [2.24, 2.45) is 23.7 Å². The highest BCUT2D eigenvalue weighted by Gasteiger charge is 2.42. The molecule has 0 radical (unpaired) electrons. The fourth-order valence-electron chi connectivity index (χ4n) is 4.80. The zero-order valence-electron chi connectivity index (χ0n) is 20.1. The lowest BCUT2D eigenvalue weighted by atomic mass is 9.66.